The summed E-state index contributed by atoms with van der Waals surface area (Å²) >= 11 is 0. The number of hydrogen-bond acceptors (Lipinski definition) is 0. The van der Waals surface area contributed by atoms with Crippen molar-refractivity contribution in [1.29, 1.82) is 0 Å². The second kappa shape index (κ2) is 3.36. The van der Waals surface area contributed by atoms with Crippen molar-refractivity contribution in [3.05, 3.63) is 0 Å². The van der Waals surface area contributed by atoms with Crippen LogP contribution < -0.4 is 0 Å². The molecule has 1 rings (SSSR count). The van der Waals surface area contributed by atoms with Gasteiger partial charge in [0, 0.05) is 0 Å². The summed E-state index contributed by atoms with van der Waals surface area (Å²) in [7, 11) is 0. The lowest BCUT2D eigenvalue weighted by molar-refractivity contribution is -0.283. The Balaban J connectivity index is 3.72. The predicted octanol–water partition coefficient (Wildman–Crippen LogP) is 6.16. The van der Waals surface area contributed by atoms with E-state index in [-0.39, 0.29) is 0 Å². The molecule has 0 nitrogen and oxygen atoms in total. The Morgan fingerprint density at radius 2 is 0.278 bits per heavy atom. The van der Waals surface area contributed by atoms with Crippen molar-refractivity contribution < 1.29 is 0 Å². The van der Waals surface area contributed by atoms with E-state index in [2.05, 4.69) is 83.1 Å². The molecular weight excluding hydrogens is 216 g/mol. The quantitative estimate of drug-likeness (QED) is 0.484. The molecule has 0 saturated heterocycles. The van der Waals surface area contributed by atoms with E-state index in [1.807, 2.05) is 0 Å². The van der Waals surface area contributed by atoms with E-state index < -0.39 is 0 Å². The van der Waals surface area contributed by atoms with Crippen molar-refractivity contribution in [2.24, 2.45) is 32.5 Å². The maximum Gasteiger partial charge on any atom is -0.0241 e. The second-order valence-corrected chi connectivity index (χ2v) is 9.75. The van der Waals surface area contributed by atoms with Crippen LogP contribution in [-0.2, 0) is 0 Å². The molecule has 0 spiro atoms. The Labute approximate surface area is 116 Å². The highest BCUT2D eigenvalue weighted by atomic mass is 14.8. The van der Waals surface area contributed by atoms with Crippen LogP contribution in [-0.4, -0.2) is 0 Å². The van der Waals surface area contributed by atoms with Crippen molar-refractivity contribution in [2.45, 2.75) is 83.1 Å². The summed E-state index contributed by atoms with van der Waals surface area (Å²) in [6.45, 7) is 29.7. The highest BCUT2D eigenvalue weighted by molar-refractivity contribution is 5.19. The number of rotatable bonds is 0. The Bertz CT molecular complexity index is 231. The van der Waals surface area contributed by atoms with E-state index in [1.54, 1.807) is 0 Å². The molecule has 0 aromatic rings. The summed E-state index contributed by atoms with van der Waals surface area (Å²) in [5.74, 6) is 0. The summed E-state index contributed by atoms with van der Waals surface area (Å²) in [5, 5.41) is 0. The van der Waals surface area contributed by atoms with Gasteiger partial charge in [-0.05, 0) is 32.5 Å². The molecule has 0 bridgehead atoms. The molecule has 108 valence electrons. The molecule has 0 aromatic heterocycles. The Morgan fingerprint density at radius 3 is 0.333 bits per heavy atom. The van der Waals surface area contributed by atoms with Gasteiger partial charge >= 0.3 is 0 Å². The SMILES string of the molecule is CC1(C)C(C)(C)C(C)(C)C(C)(C)C(C)(C)C1(C)C. The second-order valence-electron chi connectivity index (χ2n) is 9.75. The molecule has 0 aromatic carbocycles. The first-order valence-corrected chi connectivity index (χ1v) is 7.50. The molecule has 0 heterocycles. The summed E-state index contributed by atoms with van der Waals surface area (Å²) in [6, 6.07) is 0. The van der Waals surface area contributed by atoms with Gasteiger partial charge in [-0.2, -0.15) is 0 Å². The fraction of sp³-hybridized carbons (Fsp3) is 1.00. The van der Waals surface area contributed by atoms with Gasteiger partial charge in [0.1, 0.15) is 0 Å². The fourth-order valence-corrected chi connectivity index (χ4v) is 4.69. The van der Waals surface area contributed by atoms with Crippen LogP contribution >= 0.6 is 0 Å². The highest BCUT2D eigenvalue weighted by Crippen LogP contribution is 2.77. The van der Waals surface area contributed by atoms with E-state index in [1.165, 1.54) is 0 Å². The average Bonchev–Trinajstić information content (AvgIpc) is 2.14. The lowest BCUT2D eigenvalue weighted by Crippen LogP contribution is -2.70. The van der Waals surface area contributed by atoms with Crippen LogP contribution in [0.3, 0.4) is 0 Å². The molecule has 18 heavy (non-hydrogen) atoms. The molecule has 0 N–H and O–H groups in total. The smallest absolute Gasteiger partial charge is 0.0241 e. The van der Waals surface area contributed by atoms with Gasteiger partial charge in [0.05, 0.1) is 0 Å². The highest BCUT2D eigenvalue weighted by Gasteiger charge is 2.71. The zero-order valence-corrected chi connectivity index (χ0v) is 15.0. The van der Waals surface area contributed by atoms with Gasteiger partial charge in [0.2, 0.25) is 0 Å². The molecule has 0 heteroatoms. The van der Waals surface area contributed by atoms with Crippen LogP contribution in [0.4, 0.5) is 0 Å². The van der Waals surface area contributed by atoms with E-state index in [0.717, 1.165) is 0 Å². The lowest BCUT2D eigenvalue weighted by Gasteiger charge is -2.76. The molecule has 1 aliphatic carbocycles. The monoisotopic (exact) mass is 252 g/mol. The average molecular weight is 252 g/mol. The van der Waals surface area contributed by atoms with Crippen molar-refractivity contribution in [3.63, 3.8) is 0 Å². The van der Waals surface area contributed by atoms with Gasteiger partial charge in [-0.15, -0.1) is 0 Å². The minimum absolute atomic E-state index is 0.294. The van der Waals surface area contributed by atoms with Crippen molar-refractivity contribution in [3.8, 4) is 0 Å². The molecule has 0 unspecified atom stereocenters. The maximum atomic E-state index is 2.48. The third-order valence-corrected chi connectivity index (χ3v) is 9.38. The van der Waals surface area contributed by atoms with Crippen molar-refractivity contribution >= 4 is 0 Å². The van der Waals surface area contributed by atoms with Gasteiger partial charge in [-0.25, -0.2) is 0 Å². The molecular formula is C18H36. The first-order valence-electron chi connectivity index (χ1n) is 7.50. The van der Waals surface area contributed by atoms with Crippen LogP contribution in [0.5, 0.6) is 0 Å². The van der Waals surface area contributed by atoms with E-state index >= 15 is 0 Å². The minimum atomic E-state index is 0.294. The summed E-state index contributed by atoms with van der Waals surface area (Å²) < 4.78 is 0. The van der Waals surface area contributed by atoms with Gasteiger partial charge in [-0.1, -0.05) is 83.1 Å². The standard InChI is InChI=1S/C18H36/c1-13(2)14(3,4)16(7,8)18(11,12)17(9,10)15(13,5)6/h1-12H3. The molecule has 0 radical (unpaired) electrons. The molecule has 0 amide bonds. The van der Waals surface area contributed by atoms with Crippen LogP contribution in [0.1, 0.15) is 83.1 Å². The first kappa shape index (κ1) is 16.1. The normalized spacial score (nSPS) is 34.0. The zero-order chi connectivity index (χ0) is 15.0. The molecule has 1 fully saturated rings. The van der Waals surface area contributed by atoms with Crippen molar-refractivity contribution in [2.75, 3.05) is 0 Å². The van der Waals surface area contributed by atoms with Gasteiger partial charge in [0.15, 0.2) is 0 Å². The Hall–Kier alpha value is 0. The third kappa shape index (κ3) is 1.23. The van der Waals surface area contributed by atoms with E-state index in [0.29, 0.717) is 32.5 Å². The lowest BCUT2D eigenvalue weighted by atomic mass is 9.28. The largest absolute Gasteiger partial charge is 0.0588 e. The first-order chi connectivity index (χ1) is 7.50. The summed E-state index contributed by atoms with van der Waals surface area (Å²) in [4.78, 5) is 0. The van der Waals surface area contributed by atoms with Gasteiger partial charge in [0.25, 0.3) is 0 Å². The number of hydrogen-bond donors (Lipinski definition) is 0. The molecule has 1 aliphatic rings. The zero-order valence-electron chi connectivity index (χ0n) is 15.0. The Kier molecular flexibility index (Phi) is 3.00. The van der Waals surface area contributed by atoms with Crippen LogP contribution in [0, 0.1) is 32.5 Å². The topological polar surface area (TPSA) is 0 Å². The molecule has 0 atom stereocenters. The summed E-state index contributed by atoms with van der Waals surface area (Å²) in [6.07, 6.45) is 0. The minimum Gasteiger partial charge on any atom is -0.0588 e. The fourth-order valence-electron chi connectivity index (χ4n) is 4.69. The van der Waals surface area contributed by atoms with Gasteiger partial charge < -0.3 is 0 Å². The summed E-state index contributed by atoms with van der Waals surface area (Å²) in [5.41, 5.74) is 1.76. The van der Waals surface area contributed by atoms with Crippen LogP contribution in [0.15, 0.2) is 0 Å². The van der Waals surface area contributed by atoms with Crippen LogP contribution in [0.25, 0.3) is 0 Å². The molecule has 1 saturated carbocycles. The third-order valence-electron chi connectivity index (χ3n) is 9.38. The maximum absolute atomic E-state index is 2.48. The Morgan fingerprint density at radius 1 is 0.222 bits per heavy atom. The van der Waals surface area contributed by atoms with E-state index in [4.69, 9.17) is 0 Å². The van der Waals surface area contributed by atoms with Gasteiger partial charge in [-0.3, -0.25) is 0 Å². The van der Waals surface area contributed by atoms with Crippen LogP contribution in [0.2, 0.25) is 0 Å². The van der Waals surface area contributed by atoms with E-state index in [9.17, 15) is 0 Å². The molecule has 0 aliphatic heterocycles. The predicted molar refractivity (Wildman–Crippen MR) is 82.7 cm³/mol. The van der Waals surface area contributed by atoms with Crippen molar-refractivity contribution in [1.82, 2.24) is 0 Å².